The average molecular weight is 449 g/mol. The summed E-state index contributed by atoms with van der Waals surface area (Å²) in [6.45, 7) is 3.92. The van der Waals surface area contributed by atoms with Gasteiger partial charge in [0.15, 0.2) is 0 Å². The van der Waals surface area contributed by atoms with E-state index in [0.717, 1.165) is 0 Å². The molecule has 8 nitrogen and oxygen atoms in total. The highest BCUT2D eigenvalue weighted by atomic mass is 16.6. The molecule has 2 aliphatic heterocycles. The van der Waals surface area contributed by atoms with E-state index >= 15 is 0 Å². The molecular formula is C25H23NO7. The lowest BCUT2D eigenvalue weighted by Gasteiger charge is -2.26. The molecule has 170 valence electrons. The highest BCUT2D eigenvalue weighted by Crippen LogP contribution is 2.56. The van der Waals surface area contributed by atoms with Crippen LogP contribution in [-0.4, -0.2) is 45.7 Å². The zero-order valence-electron chi connectivity index (χ0n) is 18.5. The maximum atomic E-state index is 13.9. The van der Waals surface area contributed by atoms with E-state index in [4.69, 9.17) is 18.9 Å². The zero-order chi connectivity index (χ0) is 23.8. The maximum Gasteiger partial charge on any atom is 0.338 e. The largest absolute Gasteiger partial charge is 0.497 e. The van der Waals surface area contributed by atoms with Crippen LogP contribution in [0.2, 0.25) is 0 Å². The Morgan fingerprint density at radius 3 is 2.33 bits per heavy atom. The van der Waals surface area contributed by atoms with Crippen molar-refractivity contribution in [2.24, 2.45) is 0 Å². The fourth-order valence-electron chi connectivity index (χ4n) is 4.39. The maximum absolute atomic E-state index is 13.9. The second kappa shape index (κ2) is 8.55. The minimum Gasteiger partial charge on any atom is -0.497 e. The van der Waals surface area contributed by atoms with Crippen LogP contribution in [0.1, 0.15) is 17.2 Å². The van der Waals surface area contributed by atoms with Gasteiger partial charge >= 0.3 is 11.9 Å². The number of para-hydroxylation sites is 1. The topological polar surface area (TPSA) is 91.4 Å². The predicted octanol–water partition coefficient (Wildman–Crippen LogP) is 2.84. The minimum absolute atomic E-state index is 0.0851. The summed E-state index contributed by atoms with van der Waals surface area (Å²) >= 11 is 0. The molecule has 0 aromatic heterocycles. The molecule has 0 bridgehead atoms. The van der Waals surface area contributed by atoms with Crippen LogP contribution < -0.4 is 9.64 Å². The number of anilines is 1. The number of carbonyl (C=O) groups is 3. The van der Waals surface area contributed by atoms with Gasteiger partial charge in [0.2, 0.25) is 5.60 Å². The summed E-state index contributed by atoms with van der Waals surface area (Å²) < 4.78 is 21.7. The Hall–Kier alpha value is -3.91. The van der Waals surface area contributed by atoms with Gasteiger partial charge in [-0.05, 0) is 23.8 Å². The van der Waals surface area contributed by atoms with Gasteiger partial charge in [-0.15, -0.1) is 6.58 Å². The Labute approximate surface area is 191 Å². The fourth-order valence-corrected chi connectivity index (χ4v) is 4.39. The van der Waals surface area contributed by atoms with E-state index in [2.05, 4.69) is 6.58 Å². The van der Waals surface area contributed by atoms with Crippen LogP contribution in [0.4, 0.5) is 5.69 Å². The van der Waals surface area contributed by atoms with Crippen molar-refractivity contribution >= 4 is 23.5 Å². The van der Waals surface area contributed by atoms with Crippen molar-refractivity contribution in [3.05, 3.63) is 83.5 Å². The summed E-state index contributed by atoms with van der Waals surface area (Å²) in [5, 5.41) is 0. The first-order chi connectivity index (χ1) is 15.9. The second-order valence-corrected chi connectivity index (χ2v) is 7.45. The van der Waals surface area contributed by atoms with Crippen molar-refractivity contribution in [3.8, 4) is 5.75 Å². The summed E-state index contributed by atoms with van der Waals surface area (Å²) in [6, 6.07) is 13.8. The van der Waals surface area contributed by atoms with E-state index < -0.39 is 29.6 Å². The van der Waals surface area contributed by atoms with Crippen molar-refractivity contribution < 1.29 is 33.3 Å². The standard InChI is InChI=1S/C25H23NO7/c1-5-14-26-18-9-7-6-8-17(18)25(24(26)29)20(23(28)32-4)19(22(27)31-3)21(33-25)15-10-12-16(30-2)13-11-15/h5-13,21H,1,14H2,2-4H3/t21-,25+/m0/s1. The SMILES string of the molecule is C=CCN1C(=O)[C@@]2(O[C@@H](c3ccc(OC)cc3)C(C(=O)OC)=C2C(=O)OC)c2ccccc21. The summed E-state index contributed by atoms with van der Waals surface area (Å²) in [7, 11) is 3.92. The minimum atomic E-state index is -1.87. The van der Waals surface area contributed by atoms with E-state index in [1.165, 1.54) is 26.2 Å². The molecule has 0 unspecified atom stereocenters. The van der Waals surface area contributed by atoms with Gasteiger partial charge in [0.25, 0.3) is 5.91 Å². The predicted molar refractivity (Wildman–Crippen MR) is 119 cm³/mol. The van der Waals surface area contributed by atoms with E-state index in [1.54, 1.807) is 54.6 Å². The quantitative estimate of drug-likeness (QED) is 0.495. The van der Waals surface area contributed by atoms with Crippen LogP contribution in [0.3, 0.4) is 0 Å². The van der Waals surface area contributed by atoms with Gasteiger partial charge in [-0.3, -0.25) is 4.79 Å². The van der Waals surface area contributed by atoms with E-state index in [-0.39, 0.29) is 17.7 Å². The third-order valence-electron chi connectivity index (χ3n) is 5.82. The summed E-state index contributed by atoms with van der Waals surface area (Å²) in [4.78, 5) is 41.5. The Morgan fingerprint density at radius 2 is 1.73 bits per heavy atom. The van der Waals surface area contributed by atoms with Gasteiger partial charge < -0.3 is 23.8 Å². The first kappa shape index (κ1) is 22.3. The third-order valence-corrected chi connectivity index (χ3v) is 5.82. The molecule has 2 heterocycles. The monoisotopic (exact) mass is 449 g/mol. The number of nitrogens with zero attached hydrogens (tertiary/aromatic N) is 1. The van der Waals surface area contributed by atoms with E-state index in [9.17, 15) is 14.4 Å². The number of methoxy groups -OCH3 is 3. The Bertz CT molecular complexity index is 1170. The Morgan fingerprint density at radius 1 is 1.06 bits per heavy atom. The lowest BCUT2D eigenvalue weighted by molar-refractivity contribution is -0.148. The third kappa shape index (κ3) is 3.22. The van der Waals surface area contributed by atoms with Crippen LogP contribution >= 0.6 is 0 Å². The van der Waals surface area contributed by atoms with Crippen molar-refractivity contribution in [2.45, 2.75) is 11.7 Å². The molecule has 2 aliphatic rings. The first-order valence-electron chi connectivity index (χ1n) is 10.2. The van der Waals surface area contributed by atoms with Gasteiger partial charge in [-0.2, -0.15) is 0 Å². The number of amides is 1. The molecule has 0 saturated heterocycles. The normalized spacial score (nSPS) is 21.2. The summed E-state index contributed by atoms with van der Waals surface area (Å²) in [6.07, 6.45) is 0.518. The molecule has 33 heavy (non-hydrogen) atoms. The van der Waals surface area contributed by atoms with Crippen LogP contribution in [-0.2, 0) is 34.2 Å². The number of rotatable bonds is 6. The fraction of sp³-hybridized carbons (Fsp3) is 0.240. The molecule has 2 aromatic carbocycles. The number of hydrogen-bond acceptors (Lipinski definition) is 7. The molecule has 0 N–H and O–H groups in total. The summed E-state index contributed by atoms with van der Waals surface area (Å²) in [5.74, 6) is -1.56. The van der Waals surface area contributed by atoms with Crippen LogP contribution in [0, 0.1) is 0 Å². The molecule has 4 rings (SSSR count). The van der Waals surface area contributed by atoms with E-state index in [0.29, 0.717) is 22.6 Å². The number of benzene rings is 2. The Balaban J connectivity index is 2.01. The molecular weight excluding hydrogens is 426 g/mol. The molecule has 1 amide bonds. The van der Waals surface area contributed by atoms with Crippen LogP contribution in [0.5, 0.6) is 5.75 Å². The molecule has 0 saturated carbocycles. The smallest absolute Gasteiger partial charge is 0.338 e. The van der Waals surface area contributed by atoms with Gasteiger partial charge in [0.1, 0.15) is 11.9 Å². The van der Waals surface area contributed by atoms with E-state index in [1.807, 2.05) is 0 Å². The number of carbonyl (C=O) groups excluding carboxylic acids is 3. The highest BCUT2D eigenvalue weighted by molar-refractivity contribution is 6.17. The zero-order valence-corrected chi connectivity index (χ0v) is 18.5. The molecule has 0 aliphatic carbocycles. The highest BCUT2D eigenvalue weighted by Gasteiger charge is 2.64. The first-order valence-corrected chi connectivity index (χ1v) is 10.2. The van der Waals surface area contributed by atoms with Gasteiger partial charge in [-0.25, -0.2) is 9.59 Å². The second-order valence-electron chi connectivity index (χ2n) is 7.45. The molecule has 1 spiro atoms. The van der Waals surface area contributed by atoms with Crippen molar-refractivity contribution in [1.82, 2.24) is 0 Å². The number of esters is 2. The Kier molecular flexibility index (Phi) is 5.78. The van der Waals surface area contributed by atoms with Crippen molar-refractivity contribution in [2.75, 3.05) is 32.8 Å². The lowest BCUT2D eigenvalue weighted by atomic mass is 9.85. The molecule has 2 aromatic rings. The summed E-state index contributed by atoms with van der Waals surface area (Å²) in [5.41, 5.74) is -0.610. The van der Waals surface area contributed by atoms with Gasteiger partial charge in [0, 0.05) is 12.1 Å². The van der Waals surface area contributed by atoms with Crippen LogP contribution in [0.25, 0.3) is 0 Å². The van der Waals surface area contributed by atoms with Crippen molar-refractivity contribution in [3.63, 3.8) is 0 Å². The van der Waals surface area contributed by atoms with Gasteiger partial charge in [-0.1, -0.05) is 36.4 Å². The van der Waals surface area contributed by atoms with Crippen LogP contribution in [0.15, 0.2) is 72.3 Å². The van der Waals surface area contributed by atoms with Crippen molar-refractivity contribution in [1.29, 1.82) is 0 Å². The molecule has 0 radical (unpaired) electrons. The average Bonchev–Trinajstić information content (AvgIpc) is 3.33. The molecule has 2 atom stereocenters. The van der Waals surface area contributed by atoms with Gasteiger partial charge in [0.05, 0.1) is 38.2 Å². The molecule has 8 heteroatoms. The number of ether oxygens (including phenoxy) is 4. The lowest BCUT2D eigenvalue weighted by Crippen LogP contribution is -2.44. The number of fused-ring (bicyclic) bond motifs is 2. The number of hydrogen-bond donors (Lipinski definition) is 0. The molecule has 0 fully saturated rings.